The van der Waals surface area contributed by atoms with Crippen LogP contribution in [0.25, 0.3) is 0 Å². The lowest BCUT2D eigenvalue weighted by molar-refractivity contribution is -0.136. The first-order chi connectivity index (χ1) is 11.4. The molecule has 1 aromatic heterocycles. The molecule has 2 fully saturated rings. The minimum absolute atomic E-state index is 0.00420. The Bertz CT molecular complexity index is 694. The summed E-state index contributed by atoms with van der Waals surface area (Å²) in [6, 6.07) is 0.0157. The quantitative estimate of drug-likeness (QED) is 0.764. The Balaban J connectivity index is 1.54. The topological polar surface area (TPSA) is 96.6 Å². The second-order valence-electron chi connectivity index (χ2n) is 6.54. The summed E-state index contributed by atoms with van der Waals surface area (Å²) in [6.45, 7) is 6.65. The van der Waals surface area contributed by atoms with Gasteiger partial charge >= 0.3 is 0 Å². The molecule has 0 bridgehead atoms. The molecular formula is C15H24N4O4S. The molecule has 0 saturated carbocycles. The van der Waals surface area contributed by atoms with Crippen LogP contribution < -0.4 is 0 Å². The predicted molar refractivity (Wildman–Crippen MR) is 87.0 cm³/mol. The van der Waals surface area contributed by atoms with Gasteiger partial charge in [0.1, 0.15) is 0 Å². The van der Waals surface area contributed by atoms with E-state index in [1.54, 1.807) is 4.90 Å². The first-order valence-corrected chi connectivity index (χ1v) is 10.3. The van der Waals surface area contributed by atoms with Crippen LogP contribution in [0, 0.1) is 5.92 Å². The highest BCUT2D eigenvalue weighted by atomic mass is 32.2. The summed E-state index contributed by atoms with van der Waals surface area (Å²) in [6.07, 6.45) is 1.20. The van der Waals surface area contributed by atoms with Crippen molar-refractivity contribution in [3.8, 4) is 0 Å². The van der Waals surface area contributed by atoms with Crippen LogP contribution >= 0.6 is 0 Å². The second-order valence-corrected chi connectivity index (χ2v) is 8.77. The monoisotopic (exact) mass is 356 g/mol. The van der Waals surface area contributed by atoms with Crippen LogP contribution in [-0.2, 0) is 21.1 Å². The number of carbonyl (C=O) groups is 1. The van der Waals surface area contributed by atoms with Crippen molar-refractivity contribution in [2.75, 3.05) is 37.7 Å². The lowest BCUT2D eigenvalue weighted by atomic mass is 10.1. The van der Waals surface area contributed by atoms with Crippen molar-refractivity contribution in [3.63, 3.8) is 0 Å². The number of carbonyl (C=O) groups excluding carboxylic acids is 1. The van der Waals surface area contributed by atoms with Crippen molar-refractivity contribution in [3.05, 3.63) is 11.7 Å². The van der Waals surface area contributed by atoms with Crippen molar-refractivity contribution in [2.45, 2.75) is 32.7 Å². The van der Waals surface area contributed by atoms with Crippen molar-refractivity contribution in [1.29, 1.82) is 0 Å². The van der Waals surface area contributed by atoms with Crippen LogP contribution in [0.2, 0.25) is 0 Å². The fourth-order valence-electron chi connectivity index (χ4n) is 3.31. The number of aromatic nitrogens is 2. The zero-order chi connectivity index (χ0) is 17.3. The Morgan fingerprint density at radius 3 is 2.58 bits per heavy atom. The van der Waals surface area contributed by atoms with Gasteiger partial charge in [0.15, 0.2) is 15.7 Å². The molecule has 0 spiro atoms. The minimum Gasteiger partial charge on any atom is -0.340 e. The molecular weight excluding hydrogens is 332 g/mol. The van der Waals surface area contributed by atoms with Gasteiger partial charge in [0.2, 0.25) is 11.8 Å². The van der Waals surface area contributed by atoms with E-state index in [9.17, 15) is 13.2 Å². The molecule has 3 rings (SSSR count). The first kappa shape index (κ1) is 17.3. The predicted octanol–water partition coefficient (Wildman–Crippen LogP) is 0.272. The molecule has 2 aliphatic rings. The highest BCUT2D eigenvalue weighted by Crippen LogP contribution is 2.24. The van der Waals surface area contributed by atoms with Gasteiger partial charge in [-0.05, 0) is 13.3 Å². The maximum Gasteiger partial charge on any atom is 0.243 e. The van der Waals surface area contributed by atoms with Gasteiger partial charge in [-0.1, -0.05) is 12.1 Å². The number of hydrogen-bond donors (Lipinski definition) is 0. The van der Waals surface area contributed by atoms with Crippen LogP contribution in [0.4, 0.5) is 0 Å². The third kappa shape index (κ3) is 3.61. The molecule has 24 heavy (non-hydrogen) atoms. The normalized spacial score (nSPS) is 25.8. The number of sulfone groups is 1. The van der Waals surface area contributed by atoms with Crippen molar-refractivity contribution in [1.82, 2.24) is 19.9 Å². The molecule has 1 amide bonds. The van der Waals surface area contributed by atoms with E-state index < -0.39 is 9.84 Å². The summed E-state index contributed by atoms with van der Waals surface area (Å²) < 4.78 is 28.4. The smallest absolute Gasteiger partial charge is 0.243 e. The molecule has 0 N–H and O–H groups in total. The number of hydrogen-bond acceptors (Lipinski definition) is 7. The molecule has 8 nitrogen and oxygen atoms in total. The average Bonchev–Trinajstić information content (AvgIpc) is 3.20. The van der Waals surface area contributed by atoms with E-state index in [-0.39, 0.29) is 29.4 Å². The van der Waals surface area contributed by atoms with Crippen LogP contribution in [0.1, 0.15) is 38.0 Å². The maximum atomic E-state index is 12.5. The zero-order valence-corrected chi connectivity index (χ0v) is 15.0. The molecule has 2 atom stereocenters. The van der Waals surface area contributed by atoms with Gasteiger partial charge in [-0.3, -0.25) is 9.69 Å². The molecule has 2 saturated heterocycles. The lowest BCUT2D eigenvalue weighted by Gasteiger charge is -2.37. The van der Waals surface area contributed by atoms with Gasteiger partial charge in [-0.25, -0.2) is 8.42 Å². The maximum absolute atomic E-state index is 12.5. The van der Waals surface area contributed by atoms with Crippen LogP contribution in [0.5, 0.6) is 0 Å². The van der Waals surface area contributed by atoms with E-state index in [2.05, 4.69) is 15.0 Å². The van der Waals surface area contributed by atoms with Crippen LogP contribution in [0.3, 0.4) is 0 Å². The summed E-state index contributed by atoms with van der Waals surface area (Å²) in [5.41, 5.74) is 0. The molecule has 9 heteroatoms. The Kier molecular flexibility index (Phi) is 4.91. The van der Waals surface area contributed by atoms with E-state index in [4.69, 9.17) is 4.52 Å². The van der Waals surface area contributed by atoms with Gasteiger partial charge in [0, 0.05) is 32.6 Å². The van der Waals surface area contributed by atoms with E-state index in [0.29, 0.717) is 31.2 Å². The molecule has 3 heterocycles. The summed E-state index contributed by atoms with van der Waals surface area (Å²) in [5.74, 6) is 1.07. The Morgan fingerprint density at radius 1 is 1.33 bits per heavy atom. The highest BCUT2D eigenvalue weighted by molar-refractivity contribution is 7.91. The fourth-order valence-corrected chi connectivity index (χ4v) is 5.05. The van der Waals surface area contributed by atoms with E-state index in [1.807, 2.05) is 13.8 Å². The zero-order valence-electron chi connectivity index (χ0n) is 14.1. The highest BCUT2D eigenvalue weighted by Gasteiger charge is 2.37. The molecule has 2 aliphatic heterocycles. The standard InChI is InChI=1S/C15H24N4O4S/c1-3-13-16-14(23-17-13)11(2)18-5-7-19(8-6-18)15(20)12-4-9-24(21,22)10-12/h11-12H,3-10H2,1-2H3. The SMILES string of the molecule is CCc1noc(C(C)N2CCN(C(=O)C3CCS(=O)(=O)C3)CC2)n1. The molecule has 0 aromatic carbocycles. The van der Waals surface area contributed by atoms with E-state index in [0.717, 1.165) is 19.5 Å². The van der Waals surface area contributed by atoms with Crippen LogP contribution in [-0.4, -0.2) is 72.0 Å². The number of rotatable bonds is 4. The van der Waals surface area contributed by atoms with Gasteiger partial charge in [-0.2, -0.15) is 4.98 Å². The number of piperazine rings is 1. The minimum atomic E-state index is -3.03. The third-order valence-electron chi connectivity index (χ3n) is 4.91. The number of aryl methyl sites for hydroxylation is 1. The van der Waals surface area contributed by atoms with Gasteiger partial charge in [0.05, 0.1) is 23.5 Å². The molecule has 2 unspecified atom stereocenters. The third-order valence-corrected chi connectivity index (χ3v) is 6.68. The molecule has 0 radical (unpaired) electrons. The largest absolute Gasteiger partial charge is 0.340 e. The molecule has 134 valence electrons. The summed E-state index contributed by atoms with van der Waals surface area (Å²) in [4.78, 5) is 20.9. The average molecular weight is 356 g/mol. The number of amides is 1. The van der Waals surface area contributed by atoms with E-state index in [1.165, 1.54) is 0 Å². The Morgan fingerprint density at radius 2 is 2.04 bits per heavy atom. The van der Waals surface area contributed by atoms with Gasteiger partial charge in [0.25, 0.3) is 0 Å². The molecule has 0 aliphatic carbocycles. The lowest BCUT2D eigenvalue weighted by Crippen LogP contribution is -2.51. The van der Waals surface area contributed by atoms with Crippen molar-refractivity contribution in [2.24, 2.45) is 5.92 Å². The first-order valence-electron chi connectivity index (χ1n) is 8.45. The van der Waals surface area contributed by atoms with Crippen molar-refractivity contribution < 1.29 is 17.7 Å². The summed E-state index contributed by atoms with van der Waals surface area (Å²) >= 11 is 0. The summed E-state index contributed by atoms with van der Waals surface area (Å²) in [7, 11) is -3.03. The Labute approximate surface area is 142 Å². The summed E-state index contributed by atoms with van der Waals surface area (Å²) in [5, 5.41) is 3.93. The van der Waals surface area contributed by atoms with Gasteiger partial charge in [-0.15, -0.1) is 0 Å². The van der Waals surface area contributed by atoms with E-state index >= 15 is 0 Å². The Hall–Kier alpha value is -1.48. The number of nitrogens with zero attached hydrogens (tertiary/aromatic N) is 4. The van der Waals surface area contributed by atoms with Crippen molar-refractivity contribution >= 4 is 15.7 Å². The molecule has 1 aromatic rings. The van der Waals surface area contributed by atoms with Gasteiger partial charge < -0.3 is 9.42 Å². The van der Waals surface area contributed by atoms with Crippen LogP contribution in [0.15, 0.2) is 4.52 Å². The second kappa shape index (κ2) is 6.79. The fraction of sp³-hybridized carbons (Fsp3) is 0.800.